The average Bonchev–Trinajstić information content (AvgIpc) is 2.17. The molecule has 0 aliphatic rings. The van der Waals surface area contributed by atoms with Gasteiger partial charge in [0.2, 0.25) is 5.88 Å². The molecule has 0 saturated heterocycles. The van der Waals surface area contributed by atoms with E-state index in [1.165, 1.54) is 6.07 Å². The normalized spacial score (nSPS) is 12.9. The lowest BCUT2D eigenvalue weighted by Gasteiger charge is -2.06. The van der Waals surface area contributed by atoms with Crippen molar-refractivity contribution in [3.05, 3.63) is 17.8 Å². The highest BCUT2D eigenvalue weighted by atomic mass is 19.3. The Labute approximate surface area is 78.0 Å². The second kappa shape index (κ2) is 4.77. The van der Waals surface area contributed by atoms with E-state index in [4.69, 9.17) is 10.2 Å². The fourth-order valence-corrected chi connectivity index (χ4v) is 0.756. The quantitative estimate of drug-likeness (QED) is 0.730. The number of alkyl halides is 2. The second-order valence-corrected chi connectivity index (χ2v) is 2.37. The lowest BCUT2D eigenvalue weighted by atomic mass is 10.2. The maximum atomic E-state index is 11.7. The van der Waals surface area contributed by atoms with Gasteiger partial charge in [-0.1, -0.05) is 0 Å². The van der Waals surface area contributed by atoms with Crippen LogP contribution in [0, 0.1) is 0 Å². The van der Waals surface area contributed by atoms with Gasteiger partial charge < -0.3 is 14.9 Å². The number of rotatable bonds is 4. The summed E-state index contributed by atoms with van der Waals surface area (Å²) in [6.45, 7) is -3.47. The van der Waals surface area contributed by atoms with Crippen LogP contribution in [0.4, 0.5) is 8.78 Å². The van der Waals surface area contributed by atoms with Gasteiger partial charge in [-0.25, -0.2) is 0 Å². The first-order chi connectivity index (χ1) is 6.63. The van der Waals surface area contributed by atoms with Crippen LogP contribution in [-0.4, -0.2) is 33.6 Å². The standard InChI is InChI=1S/C7H8F2N2O3/c8-7(9)14-6-2-1-4(10-11-6)5(13)3-12/h1-2,5,7,12-13H,3H2. The molecule has 0 bridgehead atoms. The van der Waals surface area contributed by atoms with E-state index in [0.29, 0.717) is 0 Å². The van der Waals surface area contributed by atoms with Crippen molar-refractivity contribution in [1.82, 2.24) is 10.2 Å². The van der Waals surface area contributed by atoms with Crippen molar-refractivity contribution in [3.8, 4) is 5.88 Å². The Balaban J connectivity index is 2.68. The van der Waals surface area contributed by atoms with Crippen LogP contribution in [0.3, 0.4) is 0 Å². The number of halogens is 2. The molecule has 2 N–H and O–H groups in total. The third-order valence-electron chi connectivity index (χ3n) is 1.38. The fraction of sp³-hybridized carbons (Fsp3) is 0.429. The van der Waals surface area contributed by atoms with Crippen molar-refractivity contribution >= 4 is 0 Å². The lowest BCUT2D eigenvalue weighted by molar-refractivity contribution is -0.0535. The zero-order chi connectivity index (χ0) is 10.6. The van der Waals surface area contributed by atoms with Gasteiger partial charge in [-0.2, -0.15) is 8.78 Å². The highest BCUT2D eigenvalue weighted by Gasteiger charge is 2.10. The molecule has 0 amide bonds. The van der Waals surface area contributed by atoms with Crippen LogP contribution in [0.15, 0.2) is 12.1 Å². The van der Waals surface area contributed by atoms with Gasteiger partial charge in [-0.15, -0.1) is 10.2 Å². The maximum Gasteiger partial charge on any atom is 0.388 e. The summed E-state index contributed by atoms with van der Waals surface area (Å²) < 4.78 is 27.3. The highest BCUT2D eigenvalue weighted by Crippen LogP contribution is 2.12. The summed E-state index contributed by atoms with van der Waals surface area (Å²) in [6.07, 6.45) is -1.16. The molecular formula is C7H8F2N2O3. The predicted molar refractivity (Wildman–Crippen MR) is 40.7 cm³/mol. The van der Waals surface area contributed by atoms with Crippen LogP contribution in [-0.2, 0) is 0 Å². The average molecular weight is 206 g/mol. The summed E-state index contributed by atoms with van der Waals surface area (Å²) in [6, 6.07) is 2.37. The summed E-state index contributed by atoms with van der Waals surface area (Å²) in [5.41, 5.74) is 0.0918. The number of ether oxygens (including phenoxy) is 1. The molecule has 1 rings (SSSR count). The third kappa shape index (κ3) is 2.86. The van der Waals surface area contributed by atoms with Gasteiger partial charge in [0, 0.05) is 6.07 Å². The van der Waals surface area contributed by atoms with Crippen molar-refractivity contribution in [2.24, 2.45) is 0 Å². The number of aromatic nitrogens is 2. The molecule has 5 nitrogen and oxygen atoms in total. The van der Waals surface area contributed by atoms with Gasteiger partial charge in [0.15, 0.2) is 0 Å². The Morgan fingerprint density at radius 1 is 1.36 bits per heavy atom. The van der Waals surface area contributed by atoms with Crippen molar-refractivity contribution < 1.29 is 23.7 Å². The number of aliphatic hydroxyl groups is 2. The van der Waals surface area contributed by atoms with Crippen LogP contribution >= 0.6 is 0 Å². The van der Waals surface area contributed by atoms with Gasteiger partial charge in [-0.05, 0) is 6.07 Å². The fourth-order valence-electron chi connectivity index (χ4n) is 0.756. The zero-order valence-electron chi connectivity index (χ0n) is 6.97. The minimum absolute atomic E-state index is 0.0918. The monoisotopic (exact) mass is 206 g/mol. The van der Waals surface area contributed by atoms with E-state index < -0.39 is 19.3 Å². The zero-order valence-corrected chi connectivity index (χ0v) is 6.97. The van der Waals surface area contributed by atoms with Gasteiger partial charge in [0.1, 0.15) is 6.10 Å². The van der Waals surface area contributed by atoms with Crippen LogP contribution in [0.5, 0.6) is 5.88 Å². The molecule has 7 heteroatoms. The van der Waals surface area contributed by atoms with Crippen molar-refractivity contribution in [1.29, 1.82) is 0 Å². The van der Waals surface area contributed by atoms with E-state index in [1.807, 2.05) is 0 Å². The first-order valence-electron chi connectivity index (χ1n) is 3.71. The van der Waals surface area contributed by atoms with Crippen molar-refractivity contribution in [2.75, 3.05) is 6.61 Å². The maximum absolute atomic E-state index is 11.7. The van der Waals surface area contributed by atoms with Crippen LogP contribution < -0.4 is 4.74 Å². The number of aliphatic hydroxyl groups excluding tert-OH is 2. The topological polar surface area (TPSA) is 75.5 Å². The van der Waals surface area contributed by atoms with Gasteiger partial charge in [-0.3, -0.25) is 0 Å². The van der Waals surface area contributed by atoms with Gasteiger partial charge >= 0.3 is 6.61 Å². The Kier molecular flexibility index (Phi) is 3.66. The van der Waals surface area contributed by atoms with E-state index in [0.717, 1.165) is 6.07 Å². The smallest absolute Gasteiger partial charge is 0.388 e. The van der Waals surface area contributed by atoms with E-state index in [9.17, 15) is 8.78 Å². The van der Waals surface area contributed by atoms with E-state index in [1.54, 1.807) is 0 Å². The molecule has 1 aromatic heterocycles. The minimum atomic E-state index is -2.96. The second-order valence-electron chi connectivity index (χ2n) is 2.37. The van der Waals surface area contributed by atoms with E-state index in [2.05, 4.69) is 14.9 Å². The minimum Gasteiger partial charge on any atom is -0.415 e. The first-order valence-corrected chi connectivity index (χ1v) is 3.71. The number of hydrogen-bond acceptors (Lipinski definition) is 5. The molecule has 0 aliphatic heterocycles. The molecule has 1 atom stereocenters. The summed E-state index contributed by atoms with van der Waals surface area (Å²) >= 11 is 0. The molecule has 14 heavy (non-hydrogen) atoms. The lowest BCUT2D eigenvalue weighted by Crippen LogP contribution is -2.08. The summed E-state index contributed by atoms with van der Waals surface area (Å²) in [5, 5.41) is 24.2. The van der Waals surface area contributed by atoms with Gasteiger partial charge in [0.05, 0.1) is 12.3 Å². The number of nitrogens with zero attached hydrogens (tertiary/aromatic N) is 2. The highest BCUT2D eigenvalue weighted by molar-refractivity contribution is 5.13. The third-order valence-corrected chi connectivity index (χ3v) is 1.38. The molecule has 0 fully saturated rings. The largest absolute Gasteiger partial charge is 0.415 e. The molecule has 0 radical (unpaired) electrons. The van der Waals surface area contributed by atoms with E-state index in [-0.39, 0.29) is 11.6 Å². The van der Waals surface area contributed by atoms with Gasteiger partial charge in [0.25, 0.3) is 0 Å². The Bertz CT molecular complexity index is 281. The van der Waals surface area contributed by atoms with Crippen LogP contribution in [0.2, 0.25) is 0 Å². The first kappa shape index (κ1) is 10.7. The Hall–Kier alpha value is -1.34. The summed E-state index contributed by atoms with van der Waals surface area (Å²) in [4.78, 5) is 0. The van der Waals surface area contributed by atoms with Crippen molar-refractivity contribution in [2.45, 2.75) is 12.7 Å². The summed E-state index contributed by atoms with van der Waals surface area (Å²) in [7, 11) is 0. The van der Waals surface area contributed by atoms with Crippen LogP contribution in [0.25, 0.3) is 0 Å². The van der Waals surface area contributed by atoms with Crippen LogP contribution in [0.1, 0.15) is 11.8 Å². The molecule has 1 heterocycles. The predicted octanol–water partition coefficient (Wildman–Crippen LogP) is 0.104. The Morgan fingerprint density at radius 2 is 2.07 bits per heavy atom. The summed E-state index contributed by atoms with van der Waals surface area (Å²) in [5.74, 6) is -0.339. The van der Waals surface area contributed by atoms with Crippen molar-refractivity contribution in [3.63, 3.8) is 0 Å². The SMILES string of the molecule is OCC(O)c1ccc(OC(F)F)nn1. The molecule has 0 spiro atoms. The number of hydrogen-bond donors (Lipinski definition) is 2. The molecule has 0 saturated carbocycles. The molecule has 0 aromatic carbocycles. The molecule has 0 aliphatic carbocycles. The van der Waals surface area contributed by atoms with E-state index >= 15 is 0 Å². The molecule has 1 aromatic rings. The molecular weight excluding hydrogens is 198 g/mol. The molecule has 78 valence electrons. The molecule has 1 unspecified atom stereocenters. The Morgan fingerprint density at radius 3 is 2.50 bits per heavy atom.